The molecule has 2 fully saturated rings. The molecule has 0 saturated carbocycles. The molecule has 1 aromatic rings. The molecule has 1 N–H and O–H groups in total. The van der Waals surface area contributed by atoms with Crippen molar-refractivity contribution in [1.82, 2.24) is 9.80 Å². The number of carbonyl (C=O) groups is 1. The van der Waals surface area contributed by atoms with Gasteiger partial charge in [0.25, 0.3) is 0 Å². The van der Waals surface area contributed by atoms with Crippen molar-refractivity contribution in [3.8, 4) is 0 Å². The Balaban J connectivity index is 1.65. The molecule has 2 heterocycles. The van der Waals surface area contributed by atoms with Crippen molar-refractivity contribution in [1.29, 1.82) is 0 Å². The molecule has 3 rings (SSSR count). The fourth-order valence-electron chi connectivity index (χ4n) is 3.40. The second kappa shape index (κ2) is 5.19. The maximum absolute atomic E-state index is 11.7. The lowest BCUT2D eigenvalue weighted by Gasteiger charge is -2.40. The number of benzene rings is 1. The predicted molar refractivity (Wildman–Crippen MR) is 77.2 cm³/mol. The molecular formula is C16H22N2O2. The summed E-state index contributed by atoms with van der Waals surface area (Å²) in [6.45, 7) is 5.03. The summed E-state index contributed by atoms with van der Waals surface area (Å²) in [5.41, 5.74) is 0.108. The Hall–Kier alpha value is -1.39. The van der Waals surface area contributed by atoms with E-state index in [0.717, 1.165) is 31.6 Å². The zero-order chi connectivity index (χ0) is 14.2. The van der Waals surface area contributed by atoms with Crippen LogP contribution in [0.5, 0.6) is 0 Å². The Morgan fingerprint density at radius 1 is 1.30 bits per heavy atom. The highest BCUT2D eigenvalue weighted by atomic mass is 16.3. The molecule has 2 unspecified atom stereocenters. The summed E-state index contributed by atoms with van der Waals surface area (Å²) in [6.07, 6.45) is 1.65. The van der Waals surface area contributed by atoms with E-state index in [4.69, 9.17) is 0 Å². The van der Waals surface area contributed by atoms with Gasteiger partial charge in [0.05, 0.1) is 5.60 Å². The third-order valence-electron chi connectivity index (χ3n) is 4.51. The van der Waals surface area contributed by atoms with Crippen LogP contribution in [0.2, 0.25) is 0 Å². The van der Waals surface area contributed by atoms with Crippen LogP contribution in [0.25, 0.3) is 0 Å². The highest BCUT2D eigenvalue weighted by molar-refractivity contribution is 5.78. The highest BCUT2D eigenvalue weighted by Gasteiger charge is 2.37. The van der Waals surface area contributed by atoms with Crippen molar-refractivity contribution < 1.29 is 9.90 Å². The van der Waals surface area contributed by atoms with Gasteiger partial charge in [0.2, 0.25) is 5.91 Å². The number of hydrogen-bond acceptors (Lipinski definition) is 3. The molecule has 2 atom stereocenters. The molecule has 0 bridgehead atoms. The zero-order valence-corrected chi connectivity index (χ0v) is 12.0. The molecule has 4 nitrogen and oxygen atoms in total. The Morgan fingerprint density at radius 3 is 2.80 bits per heavy atom. The molecule has 1 aromatic carbocycles. The average Bonchev–Trinajstić information content (AvgIpc) is 2.80. The third-order valence-corrected chi connectivity index (χ3v) is 4.51. The van der Waals surface area contributed by atoms with E-state index < -0.39 is 5.60 Å². The van der Waals surface area contributed by atoms with E-state index in [9.17, 15) is 9.90 Å². The van der Waals surface area contributed by atoms with Gasteiger partial charge in [0, 0.05) is 38.6 Å². The smallest absolute Gasteiger partial charge is 0.222 e. The van der Waals surface area contributed by atoms with Gasteiger partial charge in [-0.3, -0.25) is 9.69 Å². The van der Waals surface area contributed by atoms with Gasteiger partial charge >= 0.3 is 0 Å². The summed E-state index contributed by atoms with van der Waals surface area (Å²) in [4.78, 5) is 16.0. The van der Waals surface area contributed by atoms with Crippen molar-refractivity contribution in [3.05, 3.63) is 35.9 Å². The number of amides is 1. The molecule has 4 heteroatoms. The van der Waals surface area contributed by atoms with Crippen LogP contribution in [0.15, 0.2) is 30.3 Å². The minimum Gasteiger partial charge on any atom is -0.384 e. The van der Waals surface area contributed by atoms with Gasteiger partial charge in [-0.2, -0.15) is 0 Å². The topological polar surface area (TPSA) is 43.8 Å². The molecule has 1 amide bonds. The number of aliphatic hydroxyl groups is 1. The molecule has 20 heavy (non-hydrogen) atoms. The van der Waals surface area contributed by atoms with E-state index in [-0.39, 0.29) is 0 Å². The number of carbonyl (C=O) groups excluding carboxylic acids is 1. The van der Waals surface area contributed by atoms with E-state index in [1.165, 1.54) is 0 Å². The van der Waals surface area contributed by atoms with Gasteiger partial charge in [-0.25, -0.2) is 0 Å². The summed E-state index contributed by atoms with van der Waals surface area (Å²) < 4.78 is 0. The molecule has 2 saturated heterocycles. The third kappa shape index (κ3) is 2.58. The molecule has 0 radical (unpaired) electrons. The normalized spacial score (nSPS) is 26.4. The molecule has 0 aliphatic carbocycles. The van der Waals surface area contributed by atoms with Crippen molar-refractivity contribution >= 4 is 5.91 Å². The van der Waals surface area contributed by atoms with E-state index in [0.29, 0.717) is 24.9 Å². The fourth-order valence-corrected chi connectivity index (χ4v) is 3.40. The predicted octanol–water partition coefficient (Wildman–Crippen LogP) is 1.20. The zero-order valence-electron chi connectivity index (χ0n) is 12.0. The summed E-state index contributed by atoms with van der Waals surface area (Å²) in [7, 11) is 0. The SMILES string of the molecule is CC(O)(CN1CCN2C(=O)CCC2C1)c1ccccc1. The van der Waals surface area contributed by atoms with E-state index in [1.54, 1.807) is 0 Å². The lowest BCUT2D eigenvalue weighted by atomic mass is 9.95. The van der Waals surface area contributed by atoms with Crippen molar-refractivity contribution in [2.75, 3.05) is 26.2 Å². The van der Waals surface area contributed by atoms with Crippen LogP contribution in [-0.4, -0.2) is 53.0 Å². The number of nitrogens with zero attached hydrogens (tertiary/aromatic N) is 2. The second-order valence-electron chi connectivity index (χ2n) is 6.15. The molecule has 108 valence electrons. The maximum Gasteiger partial charge on any atom is 0.222 e. The number of fused-ring (bicyclic) bond motifs is 1. The average molecular weight is 274 g/mol. The van der Waals surface area contributed by atoms with Gasteiger partial charge in [0.1, 0.15) is 0 Å². The minimum absolute atomic E-state index is 0.296. The van der Waals surface area contributed by atoms with Crippen LogP contribution in [0.3, 0.4) is 0 Å². The van der Waals surface area contributed by atoms with Crippen LogP contribution in [-0.2, 0) is 10.4 Å². The van der Waals surface area contributed by atoms with Crippen molar-refractivity contribution in [2.24, 2.45) is 0 Å². The van der Waals surface area contributed by atoms with Crippen LogP contribution in [0, 0.1) is 0 Å². The lowest BCUT2D eigenvalue weighted by Crippen LogP contribution is -2.54. The largest absolute Gasteiger partial charge is 0.384 e. The van der Waals surface area contributed by atoms with Gasteiger partial charge in [0.15, 0.2) is 0 Å². The van der Waals surface area contributed by atoms with Crippen LogP contribution < -0.4 is 0 Å². The first kappa shape index (κ1) is 13.6. The quantitative estimate of drug-likeness (QED) is 0.901. The molecule has 0 aromatic heterocycles. The molecule has 0 spiro atoms. The van der Waals surface area contributed by atoms with Crippen LogP contribution in [0.1, 0.15) is 25.3 Å². The molecule has 2 aliphatic rings. The Kier molecular flexibility index (Phi) is 3.52. The van der Waals surface area contributed by atoms with Crippen LogP contribution >= 0.6 is 0 Å². The Labute approximate surface area is 120 Å². The maximum atomic E-state index is 11.7. The first-order valence-corrected chi connectivity index (χ1v) is 7.36. The van der Waals surface area contributed by atoms with Crippen molar-refractivity contribution in [3.63, 3.8) is 0 Å². The number of rotatable bonds is 3. The van der Waals surface area contributed by atoms with Gasteiger partial charge in [-0.05, 0) is 18.9 Å². The van der Waals surface area contributed by atoms with Gasteiger partial charge < -0.3 is 10.0 Å². The van der Waals surface area contributed by atoms with E-state index in [1.807, 2.05) is 42.2 Å². The van der Waals surface area contributed by atoms with Crippen molar-refractivity contribution in [2.45, 2.75) is 31.4 Å². The monoisotopic (exact) mass is 274 g/mol. The summed E-state index contributed by atoms with van der Waals surface area (Å²) in [5.74, 6) is 0.296. The molecular weight excluding hydrogens is 252 g/mol. The first-order valence-electron chi connectivity index (χ1n) is 7.36. The van der Waals surface area contributed by atoms with E-state index in [2.05, 4.69) is 4.90 Å². The number of hydrogen-bond donors (Lipinski definition) is 1. The van der Waals surface area contributed by atoms with Crippen LogP contribution in [0.4, 0.5) is 0 Å². The minimum atomic E-state index is -0.841. The summed E-state index contributed by atoms with van der Waals surface area (Å²) in [5, 5.41) is 10.7. The van der Waals surface area contributed by atoms with Gasteiger partial charge in [-0.1, -0.05) is 30.3 Å². The summed E-state index contributed by atoms with van der Waals surface area (Å²) in [6, 6.07) is 10.2. The number of β-amino-alcohol motifs (C(OH)–C–C–N with tert-alkyl or cyclic N) is 1. The lowest BCUT2D eigenvalue weighted by molar-refractivity contribution is -0.131. The first-order chi connectivity index (χ1) is 9.56. The fraction of sp³-hybridized carbons (Fsp3) is 0.562. The Morgan fingerprint density at radius 2 is 2.05 bits per heavy atom. The Bertz CT molecular complexity index is 487. The highest BCUT2D eigenvalue weighted by Crippen LogP contribution is 2.26. The van der Waals surface area contributed by atoms with Gasteiger partial charge in [-0.15, -0.1) is 0 Å². The number of piperazine rings is 1. The van der Waals surface area contributed by atoms with E-state index >= 15 is 0 Å². The standard InChI is InChI=1S/C16H22N2O2/c1-16(20,13-5-3-2-4-6-13)12-17-9-10-18-14(11-17)7-8-15(18)19/h2-6,14,20H,7-12H2,1H3. The second-order valence-corrected chi connectivity index (χ2v) is 6.15. The summed E-state index contributed by atoms with van der Waals surface area (Å²) >= 11 is 0. The molecule has 2 aliphatic heterocycles.